The number of halogens is 4. The molecule has 0 aliphatic carbocycles. The number of benzene rings is 2. The molecule has 0 bridgehead atoms. The maximum Gasteiger partial charge on any atom is 0.417 e. The van der Waals surface area contributed by atoms with Crippen molar-refractivity contribution in [1.82, 2.24) is 0 Å². The van der Waals surface area contributed by atoms with Gasteiger partial charge in [-0.3, -0.25) is 4.79 Å². The van der Waals surface area contributed by atoms with Gasteiger partial charge in [0.2, 0.25) is 0 Å². The summed E-state index contributed by atoms with van der Waals surface area (Å²) in [4.78, 5) is 12.0. The number of nitrogens with one attached hydrogen (secondary N) is 1. The number of hydrogen-bond donors (Lipinski definition) is 2. The lowest BCUT2D eigenvalue weighted by molar-refractivity contribution is -0.137. The summed E-state index contributed by atoms with van der Waals surface area (Å²) in [6, 6.07) is 9.40. The molecule has 1 amide bonds. The molecule has 0 unspecified atom stereocenters. The minimum Gasteiger partial charge on any atom is -0.398 e. The highest BCUT2D eigenvalue weighted by atomic mass is 35.5. The lowest BCUT2D eigenvalue weighted by atomic mass is 10.1. The second-order valence-electron chi connectivity index (χ2n) is 4.23. The first-order valence-corrected chi connectivity index (χ1v) is 6.19. The molecule has 0 aliphatic rings. The van der Waals surface area contributed by atoms with Crippen molar-refractivity contribution in [3.63, 3.8) is 0 Å². The number of rotatable bonds is 2. The summed E-state index contributed by atoms with van der Waals surface area (Å²) in [6.07, 6.45) is -4.59. The zero-order chi connectivity index (χ0) is 15.6. The number of nitrogen functional groups attached to an aromatic ring is 1. The molecule has 0 saturated heterocycles. The molecule has 3 nitrogen and oxygen atoms in total. The van der Waals surface area contributed by atoms with Gasteiger partial charge in [-0.25, -0.2) is 0 Å². The van der Waals surface area contributed by atoms with Gasteiger partial charge in [-0.2, -0.15) is 13.2 Å². The summed E-state index contributed by atoms with van der Waals surface area (Å²) in [5.41, 5.74) is 5.03. The second kappa shape index (κ2) is 5.65. The quantitative estimate of drug-likeness (QED) is 0.816. The highest BCUT2D eigenvalue weighted by molar-refractivity contribution is 6.31. The molecule has 0 saturated carbocycles. The maximum absolute atomic E-state index is 12.7. The number of anilines is 2. The van der Waals surface area contributed by atoms with Crippen LogP contribution in [0.2, 0.25) is 5.02 Å². The van der Waals surface area contributed by atoms with E-state index in [2.05, 4.69) is 5.32 Å². The van der Waals surface area contributed by atoms with E-state index in [0.29, 0.717) is 0 Å². The van der Waals surface area contributed by atoms with Gasteiger partial charge in [0, 0.05) is 11.4 Å². The molecule has 7 heteroatoms. The van der Waals surface area contributed by atoms with Crippen molar-refractivity contribution in [2.24, 2.45) is 0 Å². The Kier molecular flexibility index (Phi) is 4.09. The van der Waals surface area contributed by atoms with E-state index in [1.807, 2.05) is 0 Å². The average molecular weight is 315 g/mol. The standard InChI is InChI=1S/C14H10ClF3N2O/c15-11-6-5-8(7-10(11)14(16,17)18)20-13(21)9-3-1-2-4-12(9)19/h1-7H,19H2,(H,20,21). The normalized spacial score (nSPS) is 11.2. The van der Waals surface area contributed by atoms with E-state index < -0.39 is 22.7 Å². The van der Waals surface area contributed by atoms with Gasteiger partial charge in [-0.15, -0.1) is 0 Å². The third-order valence-electron chi connectivity index (χ3n) is 2.74. The largest absolute Gasteiger partial charge is 0.417 e. The lowest BCUT2D eigenvalue weighted by Crippen LogP contribution is -2.15. The van der Waals surface area contributed by atoms with E-state index in [-0.39, 0.29) is 16.9 Å². The number of nitrogens with two attached hydrogens (primary N) is 1. The molecule has 3 N–H and O–H groups in total. The van der Waals surface area contributed by atoms with Gasteiger partial charge in [-0.1, -0.05) is 23.7 Å². The Morgan fingerprint density at radius 2 is 1.81 bits per heavy atom. The average Bonchev–Trinajstić information content (AvgIpc) is 2.40. The van der Waals surface area contributed by atoms with Gasteiger partial charge >= 0.3 is 6.18 Å². The van der Waals surface area contributed by atoms with Crippen molar-refractivity contribution in [2.75, 3.05) is 11.1 Å². The topological polar surface area (TPSA) is 55.1 Å². The first-order chi connectivity index (χ1) is 9.79. The second-order valence-corrected chi connectivity index (χ2v) is 4.64. The zero-order valence-electron chi connectivity index (χ0n) is 10.5. The van der Waals surface area contributed by atoms with Crippen LogP contribution in [-0.2, 0) is 6.18 Å². The van der Waals surface area contributed by atoms with E-state index in [1.165, 1.54) is 18.2 Å². The summed E-state index contributed by atoms with van der Waals surface area (Å²) in [6.45, 7) is 0. The van der Waals surface area contributed by atoms with Crippen molar-refractivity contribution in [2.45, 2.75) is 6.18 Å². The van der Waals surface area contributed by atoms with Gasteiger partial charge in [0.15, 0.2) is 0 Å². The third-order valence-corrected chi connectivity index (χ3v) is 3.06. The first-order valence-electron chi connectivity index (χ1n) is 5.81. The van der Waals surface area contributed by atoms with Gasteiger partial charge < -0.3 is 11.1 Å². The van der Waals surface area contributed by atoms with Crippen LogP contribution in [0.5, 0.6) is 0 Å². The Morgan fingerprint density at radius 1 is 1.14 bits per heavy atom. The van der Waals surface area contributed by atoms with Crippen LogP contribution >= 0.6 is 11.6 Å². The number of hydrogen-bond acceptors (Lipinski definition) is 2. The Morgan fingerprint density at radius 3 is 2.43 bits per heavy atom. The fourth-order valence-electron chi connectivity index (χ4n) is 1.72. The molecule has 2 aromatic carbocycles. The summed E-state index contributed by atoms with van der Waals surface area (Å²) in [5.74, 6) is -0.594. The molecular weight excluding hydrogens is 305 g/mol. The van der Waals surface area contributed by atoms with Crippen LogP contribution in [0.25, 0.3) is 0 Å². The fourth-order valence-corrected chi connectivity index (χ4v) is 1.95. The molecule has 0 heterocycles. The van der Waals surface area contributed by atoms with E-state index in [1.54, 1.807) is 12.1 Å². The number of carbonyl (C=O) groups excluding carboxylic acids is 1. The first kappa shape index (κ1) is 15.2. The number of para-hydroxylation sites is 1. The predicted molar refractivity (Wildman–Crippen MR) is 75.3 cm³/mol. The molecule has 0 atom stereocenters. The fraction of sp³-hybridized carbons (Fsp3) is 0.0714. The molecule has 0 spiro atoms. The monoisotopic (exact) mass is 314 g/mol. The molecule has 110 valence electrons. The third kappa shape index (κ3) is 3.46. The summed E-state index contributed by atoms with van der Waals surface area (Å²) in [5, 5.41) is 1.93. The molecule has 0 aromatic heterocycles. The van der Waals surface area contributed by atoms with Crippen molar-refractivity contribution in [3.05, 3.63) is 58.6 Å². The number of carbonyl (C=O) groups is 1. The SMILES string of the molecule is Nc1ccccc1C(=O)Nc1ccc(Cl)c(C(F)(F)F)c1. The van der Waals surface area contributed by atoms with Crippen molar-refractivity contribution < 1.29 is 18.0 Å². The molecule has 0 radical (unpaired) electrons. The van der Waals surface area contributed by atoms with Crippen molar-refractivity contribution >= 4 is 28.9 Å². The molecule has 2 aromatic rings. The van der Waals surface area contributed by atoms with Gasteiger partial charge in [0.25, 0.3) is 5.91 Å². The molecule has 0 fully saturated rings. The lowest BCUT2D eigenvalue weighted by Gasteiger charge is -2.12. The highest BCUT2D eigenvalue weighted by Crippen LogP contribution is 2.36. The van der Waals surface area contributed by atoms with Crippen molar-refractivity contribution in [3.8, 4) is 0 Å². The van der Waals surface area contributed by atoms with Crippen LogP contribution in [0.15, 0.2) is 42.5 Å². The van der Waals surface area contributed by atoms with E-state index in [0.717, 1.165) is 12.1 Å². The maximum atomic E-state index is 12.7. The summed E-state index contributed by atoms with van der Waals surface area (Å²) < 4.78 is 38.2. The molecule has 21 heavy (non-hydrogen) atoms. The van der Waals surface area contributed by atoms with Gasteiger partial charge in [0.1, 0.15) is 0 Å². The molecular formula is C14H10ClF3N2O. The minimum atomic E-state index is -4.59. The molecule has 2 rings (SSSR count). The zero-order valence-corrected chi connectivity index (χ0v) is 11.3. The Hall–Kier alpha value is -2.21. The molecule has 0 aliphatic heterocycles. The summed E-state index contributed by atoms with van der Waals surface area (Å²) in [7, 11) is 0. The van der Waals surface area contributed by atoms with Crippen LogP contribution < -0.4 is 11.1 Å². The minimum absolute atomic E-state index is 0.0139. The van der Waals surface area contributed by atoms with Gasteiger partial charge in [-0.05, 0) is 30.3 Å². The Labute approximate surface area is 123 Å². The van der Waals surface area contributed by atoms with Gasteiger partial charge in [0.05, 0.1) is 16.1 Å². The Bertz CT molecular complexity index is 686. The Balaban J connectivity index is 2.29. The van der Waals surface area contributed by atoms with E-state index in [4.69, 9.17) is 17.3 Å². The van der Waals surface area contributed by atoms with Crippen LogP contribution in [-0.4, -0.2) is 5.91 Å². The number of alkyl halides is 3. The number of amides is 1. The van der Waals surface area contributed by atoms with E-state index in [9.17, 15) is 18.0 Å². The van der Waals surface area contributed by atoms with Crippen LogP contribution in [0, 0.1) is 0 Å². The van der Waals surface area contributed by atoms with Crippen molar-refractivity contribution in [1.29, 1.82) is 0 Å². The van der Waals surface area contributed by atoms with Crippen LogP contribution in [0.3, 0.4) is 0 Å². The predicted octanol–water partition coefficient (Wildman–Crippen LogP) is 4.19. The summed E-state index contributed by atoms with van der Waals surface area (Å²) >= 11 is 5.51. The van der Waals surface area contributed by atoms with Crippen LogP contribution in [0.4, 0.5) is 24.5 Å². The van der Waals surface area contributed by atoms with Crippen LogP contribution in [0.1, 0.15) is 15.9 Å². The van der Waals surface area contributed by atoms with E-state index >= 15 is 0 Å². The smallest absolute Gasteiger partial charge is 0.398 e. The highest BCUT2D eigenvalue weighted by Gasteiger charge is 2.33.